The first-order chi connectivity index (χ1) is 17.6. The van der Waals surface area contributed by atoms with Gasteiger partial charge in [-0.3, -0.25) is 4.79 Å². The highest BCUT2D eigenvalue weighted by molar-refractivity contribution is 5.98. The van der Waals surface area contributed by atoms with Crippen molar-refractivity contribution in [2.45, 2.75) is 25.4 Å². The smallest absolute Gasteiger partial charge is 0.251 e. The van der Waals surface area contributed by atoms with Crippen LogP contribution in [0, 0.1) is 0 Å². The number of imidazole rings is 2. The molecule has 2 aromatic carbocycles. The summed E-state index contributed by atoms with van der Waals surface area (Å²) in [4.78, 5) is 29.3. The van der Waals surface area contributed by atoms with E-state index in [0.29, 0.717) is 34.9 Å². The summed E-state index contributed by atoms with van der Waals surface area (Å²) in [5, 5.41) is 13.7. The number of nitrogens with zero attached hydrogens (tertiary/aromatic N) is 4. The first-order valence-electron chi connectivity index (χ1n) is 11.7. The monoisotopic (exact) mass is 480 g/mol. The van der Waals surface area contributed by atoms with Crippen LogP contribution >= 0.6 is 0 Å². The van der Waals surface area contributed by atoms with Crippen LogP contribution in [0.25, 0.3) is 33.5 Å². The fraction of sp³-hybridized carbons (Fsp3) is 0.185. The number of rotatable bonds is 5. The molecule has 3 aromatic heterocycles. The second-order valence-electron chi connectivity index (χ2n) is 8.86. The molecule has 9 heteroatoms. The van der Waals surface area contributed by atoms with Gasteiger partial charge in [-0.1, -0.05) is 6.07 Å². The van der Waals surface area contributed by atoms with E-state index in [2.05, 4.69) is 29.8 Å². The van der Waals surface area contributed by atoms with Crippen LogP contribution in [0.1, 0.15) is 22.5 Å². The number of carbonyl (C=O) groups excluding carboxylic acids is 1. The van der Waals surface area contributed by atoms with Crippen LogP contribution in [0.2, 0.25) is 0 Å². The van der Waals surface area contributed by atoms with Gasteiger partial charge in [0.1, 0.15) is 11.6 Å². The molecule has 3 N–H and O–H groups in total. The molecule has 0 aliphatic carbocycles. The number of phenolic OH excluding ortho intramolecular Hbond substituents is 1. The van der Waals surface area contributed by atoms with Crippen molar-refractivity contribution in [2.24, 2.45) is 0 Å². The number of nitrogens with one attached hydrogen (secondary N) is 2. The zero-order chi connectivity index (χ0) is 24.6. The lowest BCUT2D eigenvalue weighted by Gasteiger charge is -2.25. The van der Waals surface area contributed by atoms with E-state index in [0.717, 1.165) is 29.5 Å². The molecule has 1 atom stereocenters. The Labute approximate surface area is 206 Å². The molecule has 9 nitrogen and oxygen atoms in total. The lowest BCUT2D eigenvalue weighted by Crippen LogP contribution is -2.40. The van der Waals surface area contributed by atoms with Crippen LogP contribution in [0.15, 0.2) is 67.3 Å². The predicted molar refractivity (Wildman–Crippen MR) is 135 cm³/mol. The maximum atomic E-state index is 13.0. The van der Waals surface area contributed by atoms with Crippen molar-refractivity contribution in [3.63, 3.8) is 0 Å². The molecule has 0 spiro atoms. The van der Waals surface area contributed by atoms with Gasteiger partial charge in [-0.25, -0.2) is 15.0 Å². The Morgan fingerprint density at radius 2 is 2.11 bits per heavy atom. The highest BCUT2D eigenvalue weighted by Gasteiger charge is 2.21. The lowest BCUT2D eigenvalue weighted by atomic mass is 10.0. The quantitative estimate of drug-likeness (QED) is 0.351. The summed E-state index contributed by atoms with van der Waals surface area (Å²) in [6, 6.07) is 14.4. The first-order valence-corrected chi connectivity index (χ1v) is 11.7. The van der Waals surface area contributed by atoms with Gasteiger partial charge in [-0.2, -0.15) is 0 Å². The molecule has 1 aliphatic heterocycles. The second kappa shape index (κ2) is 8.84. The number of aromatic hydroxyl groups is 1. The van der Waals surface area contributed by atoms with Crippen LogP contribution in [0.4, 0.5) is 0 Å². The van der Waals surface area contributed by atoms with Gasteiger partial charge in [0.05, 0.1) is 30.0 Å². The van der Waals surface area contributed by atoms with Gasteiger partial charge < -0.3 is 24.7 Å². The molecule has 1 unspecified atom stereocenters. The van der Waals surface area contributed by atoms with Crippen molar-refractivity contribution >= 4 is 16.9 Å². The average molecular weight is 481 g/mol. The highest BCUT2D eigenvalue weighted by atomic mass is 16.5. The largest absolute Gasteiger partial charge is 0.507 e. The first kappa shape index (κ1) is 21.8. The number of hydrogen-bond acceptors (Lipinski definition) is 6. The van der Waals surface area contributed by atoms with E-state index in [1.807, 2.05) is 36.5 Å². The number of ether oxygens (including phenoxy) is 1. The third-order valence-electron chi connectivity index (χ3n) is 6.57. The SMILES string of the molecule is COc1ncccc1-c1ccc(O)c(-c2nc3cc(C(=O)NC4CCc5cncn5C4)ccc3[nH]2)c1. The molecule has 4 heterocycles. The predicted octanol–water partition coefficient (Wildman–Crippen LogP) is 3.95. The standard InChI is InChI=1S/C27H24N6O3/c1-36-27-20(3-2-10-29-27)16-5-9-24(34)21(11-16)25-31-22-8-4-17(12-23(22)32-25)26(35)30-18-6-7-19-13-28-15-33(19)14-18/h2-5,8-13,15,18,34H,6-7,14H2,1H3,(H,30,35)(H,31,32). The summed E-state index contributed by atoms with van der Waals surface area (Å²) in [6.07, 6.45) is 7.12. The highest BCUT2D eigenvalue weighted by Crippen LogP contribution is 2.35. The summed E-state index contributed by atoms with van der Waals surface area (Å²) in [6.45, 7) is 0.715. The minimum absolute atomic E-state index is 0.0498. The topological polar surface area (TPSA) is 118 Å². The van der Waals surface area contributed by atoms with E-state index in [1.165, 1.54) is 5.69 Å². The molecular formula is C27H24N6O3. The van der Waals surface area contributed by atoms with E-state index in [1.54, 1.807) is 37.8 Å². The minimum Gasteiger partial charge on any atom is -0.507 e. The fourth-order valence-electron chi connectivity index (χ4n) is 4.70. The number of methoxy groups -OCH3 is 1. The summed E-state index contributed by atoms with van der Waals surface area (Å²) in [7, 11) is 1.57. The second-order valence-corrected chi connectivity index (χ2v) is 8.86. The Balaban J connectivity index is 1.27. The number of aryl methyl sites for hydroxylation is 1. The van der Waals surface area contributed by atoms with Gasteiger partial charge in [-0.05, 0) is 60.9 Å². The van der Waals surface area contributed by atoms with Crippen molar-refractivity contribution < 1.29 is 14.6 Å². The molecule has 1 amide bonds. The number of hydrogen-bond donors (Lipinski definition) is 3. The third-order valence-corrected chi connectivity index (χ3v) is 6.57. The number of phenols is 1. The third kappa shape index (κ3) is 3.94. The molecule has 6 rings (SSSR count). The van der Waals surface area contributed by atoms with Crippen molar-refractivity contribution in [2.75, 3.05) is 7.11 Å². The number of aromatic nitrogens is 5. The van der Waals surface area contributed by atoms with Gasteiger partial charge in [0.2, 0.25) is 5.88 Å². The van der Waals surface area contributed by atoms with Crippen molar-refractivity contribution in [3.05, 3.63) is 78.5 Å². The van der Waals surface area contributed by atoms with Crippen LogP contribution in [-0.4, -0.2) is 48.7 Å². The van der Waals surface area contributed by atoms with Crippen molar-refractivity contribution in [1.29, 1.82) is 0 Å². The zero-order valence-corrected chi connectivity index (χ0v) is 19.6. The molecule has 0 fully saturated rings. The zero-order valence-electron chi connectivity index (χ0n) is 19.6. The van der Waals surface area contributed by atoms with Gasteiger partial charge in [-0.15, -0.1) is 0 Å². The van der Waals surface area contributed by atoms with Gasteiger partial charge in [0.25, 0.3) is 5.91 Å². The van der Waals surface area contributed by atoms with Crippen molar-refractivity contribution in [1.82, 2.24) is 29.8 Å². The Bertz CT molecular complexity index is 1590. The Morgan fingerprint density at radius 1 is 1.19 bits per heavy atom. The molecule has 5 aromatic rings. The van der Waals surface area contributed by atoms with Crippen LogP contribution in [0.3, 0.4) is 0 Å². The van der Waals surface area contributed by atoms with Crippen molar-refractivity contribution in [3.8, 4) is 34.1 Å². The summed E-state index contributed by atoms with van der Waals surface area (Å²) >= 11 is 0. The maximum Gasteiger partial charge on any atom is 0.251 e. The molecule has 0 saturated heterocycles. The Hall–Kier alpha value is -4.66. The number of H-pyrrole nitrogens is 1. The number of benzene rings is 2. The van der Waals surface area contributed by atoms with Crippen LogP contribution in [-0.2, 0) is 13.0 Å². The molecule has 0 bridgehead atoms. The number of pyridine rings is 1. The molecule has 36 heavy (non-hydrogen) atoms. The number of carbonyl (C=O) groups is 1. The van der Waals surface area contributed by atoms with Crippen LogP contribution < -0.4 is 10.1 Å². The van der Waals surface area contributed by atoms with Crippen LogP contribution in [0.5, 0.6) is 11.6 Å². The van der Waals surface area contributed by atoms with E-state index < -0.39 is 0 Å². The molecular weight excluding hydrogens is 456 g/mol. The Morgan fingerprint density at radius 3 is 3.00 bits per heavy atom. The van der Waals surface area contributed by atoms with E-state index in [-0.39, 0.29) is 17.7 Å². The minimum atomic E-state index is -0.136. The average Bonchev–Trinajstić information content (AvgIpc) is 3.55. The van der Waals surface area contributed by atoms with Gasteiger partial charge in [0, 0.05) is 41.8 Å². The summed E-state index contributed by atoms with van der Waals surface area (Å²) in [5.41, 5.74) is 5.32. The van der Waals surface area contributed by atoms with Gasteiger partial charge in [0.15, 0.2) is 0 Å². The normalized spacial score (nSPS) is 15.0. The van der Waals surface area contributed by atoms with E-state index in [9.17, 15) is 9.90 Å². The molecule has 0 saturated carbocycles. The molecule has 1 aliphatic rings. The lowest BCUT2D eigenvalue weighted by molar-refractivity contribution is 0.0928. The fourth-order valence-corrected chi connectivity index (χ4v) is 4.70. The number of amides is 1. The molecule has 180 valence electrons. The summed E-state index contributed by atoms with van der Waals surface area (Å²) in [5.74, 6) is 0.958. The Kier molecular flexibility index (Phi) is 5.37. The maximum absolute atomic E-state index is 13.0. The van der Waals surface area contributed by atoms with E-state index in [4.69, 9.17) is 4.74 Å². The molecule has 0 radical (unpaired) electrons. The number of fused-ring (bicyclic) bond motifs is 2. The summed E-state index contributed by atoms with van der Waals surface area (Å²) < 4.78 is 7.47. The van der Waals surface area contributed by atoms with E-state index >= 15 is 0 Å². The van der Waals surface area contributed by atoms with Gasteiger partial charge >= 0.3 is 0 Å². The number of aromatic amines is 1.